The van der Waals surface area contributed by atoms with Crippen molar-refractivity contribution in [3.8, 4) is 11.5 Å². The number of hydrogen-bond acceptors (Lipinski definition) is 7. The Labute approximate surface area is 166 Å². The standard InChI is InChI=1S/C19H27N3O4.ClH/c1-3-4-15-5-6-16(17(13-15)23-2)25-14-18-20-19(26-21-18)7-8-22-9-11-24-12-10-22;/h5-6,13H,3-4,7-12,14H2,1-2H3;1H. The lowest BCUT2D eigenvalue weighted by molar-refractivity contribution is 0.0375. The fraction of sp³-hybridized carbons (Fsp3) is 0.579. The molecule has 1 fully saturated rings. The summed E-state index contributed by atoms with van der Waals surface area (Å²) in [5.41, 5.74) is 1.24. The van der Waals surface area contributed by atoms with Crippen molar-refractivity contribution in [2.75, 3.05) is 40.0 Å². The minimum atomic E-state index is 0. The average molecular weight is 398 g/mol. The lowest BCUT2D eigenvalue weighted by Crippen LogP contribution is -2.37. The highest BCUT2D eigenvalue weighted by Gasteiger charge is 2.13. The second-order valence-corrected chi connectivity index (χ2v) is 6.33. The molecule has 27 heavy (non-hydrogen) atoms. The van der Waals surface area contributed by atoms with Gasteiger partial charge in [-0.15, -0.1) is 12.4 Å². The number of aromatic nitrogens is 2. The molecule has 1 aliphatic rings. The number of aryl methyl sites for hydroxylation is 1. The number of halogens is 1. The Morgan fingerprint density at radius 3 is 2.70 bits per heavy atom. The van der Waals surface area contributed by atoms with Crippen LogP contribution in [0.3, 0.4) is 0 Å². The predicted octanol–water partition coefficient (Wildman–Crippen LogP) is 2.91. The van der Waals surface area contributed by atoms with Gasteiger partial charge in [-0.3, -0.25) is 4.90 Å². The number of rotatable bonds is 9. The van der Waals surface area contributed by atoms with Gasteiger partial charge in [0.1, 0.15) is 0 Å². The van der Waals surface area contributed by atoms with E-state index >= 15 is 0 Å². The molecule has 2 aromatic rings. The van der Waals surface area contributed by atoms with Crippen LogP contribution in [0.1, 0.15) is 30.6 Å². The molecule has 8 heteroatoms. The Bertz CT molecular complexity index is 689. The van der Waals surface area contributed by atoms with Crippen LogP contribution >= 0.6 is 12.4 Å². The van der Waals surface area contributed by atoms with E-state index in [1.807, 2.05) is 12.1 Å². The number of hydrogen-bond donors (Lipinski definition) is 0. The van der Waals surface area contributed by atoms with Crippen molar-refractivity contribution in [1.82, 2.24) is 15.0 Å². The lowest BCUT2D eigenvalue weighted by atomic mass is 10.1. The van der Waals surface area contributed by atoms with Crippen LogP contribution in [0.4, 0.5) is 0 Å². The molecular formula is C19H28ClN3O4. The smallest absolute Gasteiger partial charge is 0.228 e. The molecule has 0 aliphatic carbocycles. The van der Waals surface area contributed by atoms with Crippen LogP contribution in [0.2, 0.25) is 0 Å². The van der Waals surface area contributed by atoms with Crippen LogP contribution in [0.15, 0.2) is 22.7 Å². The summed E-state index contributed by atoms with van der Waals surface area (Å²) < 4.78 is 21.9. The van der Waals surface area contributed by atoms with Gasteiger partial charge in [-0.25, -0.2) is 0 Å². The predicted molar refractivity (Wildman–Crippen MR) is 104 cm³/mol. The molecule has 150 valence electrons. The van der Waals surface area contributed by atoms with Crippen LogP contribution in [-0.2, 0) is 24.2 Å². The van der Waals surface area contributed by atoms with Crippen molar-refractivity contribution >= 4 is 12.4 Å². The third-order valence-electron chi connectivity index (χ3n) is 4.38. The van der Waals surface area contributed by atoms with Crippen molar-refractivity contribution in [3.05, 3.63) is 35.5 Å². The molecule has 0 atom stereocenters. The van der Waals surface area contributed by atoms with Crippen LogP contribution in [0, 0.1) is 0 Å². The zero-order valence-corrected chi connectivity index (χ0v) is 16.8. The molecule has 0 bridgehead atoms. The molecule has 0 unspecified atom stereocenters. The SMILES string of the molecule is CCCc1ccc(OCc2noc(CCN3CCOCC3)n2)c(OC)c1.Cl. The summed E-state index contributed by atoms with van der Waals surface area (Å²) in [6, 6.07) is 6.01. The molecule has 1 aliphatic heterocycles. The third-order valence-corrected chi connectivity index (χ3v) is 4.38. The average Bonchev–Trinajstić information content (AvgIpc) is 3.14. The molecule has 7 nitrogen and oxygen atoms in total. The summed E-state index contributed by atoms with van der Waals surface area (Å²) in [5, 5.41) is 4.00. The van der Waals surface area contributed by atoms with Crippen molar-refractivity contribution < 1.29 is 18.7 Å². The number of methoxy groups -OCH3 is 1. The van der Waals surface area contributed by atoms with E-state index in [0.29, 0.717) is 17.5 Å². The summed E-state index contributed by atoms with van der Waals surface area (Å²) in [6.07, 6.45) is 2.86. The minimum Gasteiger partial charge on any atom is -0.493 e. The molecule has 3 rings (SSSR count). The Morgan fingerprint density at radius 2 is 1.96 bits per heavy atom. The second-order valence-electron chi connectivity index (χ2n) is 6.33. The molecule has 2 heterocycles. The monoisotopic (exact) mass is 397 g/mol. The maximum atomic E-state index is 5.82. The summed E-state index contributed by atoms with van der Waals surface area (Å²) in [7, 11) is 1.65. The fourth-order valence-electron chi connectivity index (χ4n) is 2.95. The Hall–Kier alpha value is -1.83. The highest BCUT2D eigenvalue weighted by molar-refractivity contribution is 5.85. The minimum absolute atomic E-state index is 0. The Balaban J connectivity index is 0.00000261. The van der Waals surface area contributed by atoms with Crippen molar-refractivity contribution in [2.45, 2.75) is 32.8 Å². The van der Waals surface area contributed by atoms with Gasteiger partial charge in [0.2, 0.25) is 11.7 Å². The van der Waals surface area contributed by atoms with Gasteiger partial charge in [0.15, 0.2) is 18.1 Å². The van der Waals surface area contributed by atoms with Gasteiger partial charge in [-0.05, 0) is 24.1 Å². The molecule has 0 N–H and O–H groups in total. The zero-order valence-electron chi connectivity index (χ0n) is 16.0. The summed E-state index contributed by atoms with van der Waals surface area (Å²) in [5.74, 6) is 2.60. The molecule has 0 radical (unpaired) electrons. The van der Waals surface area contributed by atoms with E-state index in [1.54, 1.807) is 7.11 Å². The van der Waals surface area contributed by atoms with E-state index in [9.17, 15) is 0 Å². The first-order chi connectivity index (χ1) is 12.8. The van der Waals surface area contributed by atoms with E-state index in [0.717, 1.165) is 57.9 Å². The number of benzene rings is 1. The second kappa shape index (κ2) is 11.1. The summed E-state index contributed by atoms with van der Waals surface area (Å²) in [6.45, 7) is 6.81. The van der Waals surface area contributed by atoms with Crippen LogP contribution in [0.5, 0.6) is 11.5 Å². The van der Waals surface area contributed by atoms with Crippen molar-refractivity contribution in [2.24, 2.45) is 0 Å². The van der Waals surface area contributed by atoms with Gasteiger partial charge in [-0.2, -0.15) is 4.98 Å². The first-order valence-corrected chi connectivity index (χ1v) is 9.19. The van der Waals surface area contributed by atoms with Crippen molar-refractivity contribution in [1.29, 1.82) is 0 Å². The van der Waals surface area contributed by atoms with Gasteiger partial charge in [0, 0.05) is 26.1 Å². The third kappa shape index (κ3) is 6.37. The van der Waals surface area contributed by atoms with Crippen LogP contribution in [-0.4, -0.2) is 55.0 Å². The number of morpholine rings is 1. The molecule has 1 aromatic carbocycles. The van der Waals surface area contributed by atoms with Gasteiger partial charge < -0.3 is 18.7 Å². The summed E-state index contributed by atoms with van der Waals surface area (Å²) >= 11 is 0. The van der Waals surface area contributed by atoms with E-state index < -0.39 is 0 Å². The van der Waals surface area contributed by atoms with Gasteiger partial charge >= 0.3 is 0 Å². The first kappa shape index (κ1) is 21.5. The van der Waals surface area contributed by atoms with Gasteiger partial charge in [0.25, 0.3) is 0 Å². The lowest BCUT2D eigenvalue weighted by Gasteiger charge is -2.25. The molecular weight excluding hydrogens is 370 g/mol. The van der Waals surface area contributed by atoms with E-state index in [1.165, 1.54) is 5.56 Å². The number of ether oxygens (including phenoxy) is 3. The fourth-order valence-corrected chi connectivity index (χ4v) is 2.95. The molecule has 1 saturated heterocycles. The quantitative estimate of drug-likeness (QED) is 0.644. The normalized spacial score (nSPS) is 14.6. The molecule has 0 amide bonds. The van der Waals surface area contributed by atoms with Crippen molar-refractivity contribution in [3.63, 3.8) is 0 Å². The van der Waals surface area contributed by atoms with E-state index in [4.69, 9.17) is 18.7 Å². The summed E-state index contributed by atoms with van der Waals surface area (Å²) in [4.78, 5) is 6.75. The molecule has 0 spiro atoms. The highest BCUT2D eigenvalue weighted by Crippen LogP contribution is 2.29. The largest absolute Gasteiger partial charge is 0.493 e. The topological polar surface area (TPSA) is 69.9 Å². The van der Waals surface area contributed by atoms with Gasteiger partial charge in [0.05, 0.1) is 20.3 Å². The van der Waals surface area contributed by atoms with E-state index in [-0.39, 0.29) is 19.0 Å². The van der Waals surface area contributed by atoms with Gasteiger partial charge in [-0.1, -0.05) is 24.6 Å². The zero-order chi connectivity index (χ0) is 18.2. The number of nitrogens with zero attached hydrogens (tertiary/aromatic N) is 3. The highest BCUT2D eigenvalue weighted by atomic mass is 35.5. The Morgan fingerprint density at radius 1 is 1.15 bits per heavy atom. The van der Waals surface area contributed by atoms with Crippen LogP contribution < -0.4 is 9.47 Å². The van der Waals surface area contributed by atoms with E-state index in [2.05, 4.69) is 28.0 Å². The molecule has 1 aromatic heterocycles. The maximum absolute atomic E-state index is 5.82. The maximum Gasteiger partial charge on any atom is 0.228 e. The molecule has 0 saturated carbocycles. The first-order valence-electron chi connectivity index (χ1n) is 9.19. The van der Waals surface area contributed by atoms with Crippen LogP contribution in [0.25, 0.3) is 0 Å². The Kier molecular flexibility index (Phi) is 8.84.